The van der Waals surface area contributed by atoms with E-state index < -0.39 is 0 Å². The number of benzene rings is 1. The van der Waals surface area contributed by atoms with Crippen molar-refractivity contribution >= 4 is 15.9 Å². The Morgan fingerprint density at radius 1 is 1.39 bits per heavy atom. The lowest BCUT2D eigenvalue weighted by molar-refractivity contribution is 0.102. The van der Waals surface area contributed by atoms with Crippen molar-refractivity contribution in [1.29, 1.82) is 0 Å². The molecule has 1 aromatic rings. The van der Waals surface area contributed by atoms with E-state index in [0.29, 0.717) is 0 Å². The molecule has 0 saturated heterocycles. The molecule has 0 atom stereocenters. The van der Waals surface area contributed by atoms with E-state index in [9.17, 15) is 4.39 Å². The minimum absolute atomic E-state index is 0.197. The Labute approximate surface area is 116 Å². The maximum atomic E-state index is 13.2. The van der Waals surface area contributed by atoms with Gasteiger partial charge in [-0.25, -0.2) is 4.39 Å². The Kier molecular flexibility index (Phi) is 5.15. The summed E-state index contributed by atoms with van der Waals surface area (Å²) in [5, 5.41) is 0. The van der Waals surface area contributed by atoms with Gasteiger partial charge in [0.15, 0.2) is 0 Å². The van der Waals surface area contributed by atoms with Crippen LogP contribution in [0.2, 0.25) is 0 Å². The van der Waals surface area contributed by atoms with Gasteiger partial charge in [0.05, 0.1) is 6.61 Å². The third-order valence-electron chi connectivity index (χ3n) is 3.04. The molecule has 1 aliphatic carbocycles. The maximum Gasteiger partial charge on any atom is 0.124 e. The van der Waals surface area contributed by atoms with Crippen LogP contribution in [0.4, 0.5) is 4.39 Å². The predicted octanol–water partition coefficient (Wildman–Crippen LogP) is 3.45. The van der Waals surface area contributed by atoms with Gasteiger partial charge in [-0.1, -0.05) is 15.9 Å². The van der Waals surface area contributed by atoms with Crippen LogP contribution in [0, 0.1) is 11.7 Å². The molecule has 100 valence electrons. The Balaban J connectivity index is 1.69. The number of hydrogen-bond acceptors (Lipinski definition) is 2. The van der Waals surface area contributed by atoms with E-state index in [4.69, 9.17) is 4.74 Å². The normalized spacial score (nSPS) is 15.3. The van der Waals surface area contributed by atoms with Gasteiger partial charge in [0, 0.05) is 24.2 Å². The van der Waals surface area contributed by atoms with Crippen molar-refractivity contribution in [3.05, 3.63) is 34.1 Å². The molecule has 1 aromatic carbocycles. The van der Waals surface area contributed by atoms with Crippen molar-refractivity contribution in [3.63, 3.8) is 0 Å². The summed E-state index contributed by atoms with van der Waals surface area (Å²) in [4.78, 5) is 2.15. The van der Waals surface area contributed by atoms with Crippen molar-refractivity contribution in [2.45, 2.75) is 19.4 Å². The van der Waals surface area contributed by atoms with Crippen LogP contribution in [0.3, 0.4) is 0 Å². The smallest absolute Gasteiger partial charge is 0.124 e. The highest BCUT2D eigenvalue weighted by Crippen LogP contribution is 2.28. The van der Waals surface area contributed by atoms with Gasteiger partial charge >= 0.3 is 0 Å². The van der Waals surface area contributed by atoms with Crippen LogP contribution in [0.5, 0.6) is 0 Å². The molecule has 0 aromatic heterocycles. The first-order chi connectivity index (χ1) is 8.63. The molecule has 1 aliphatic rings. The fraction of sp³-hybridized carbons (Fsp3) is 0.571. The second kappa shape index (κ2) is 6.64. The first-order valence-electron chi connectivity index (χ1n) is 6.35. The van der Waals surface area contributed by atoms with E-state index in [1.54, 1.807) is 6.07 Å². The fourth-order valence-corrected chi connectivity index (χ4v) is 2.36. The minimum Gasteiger partial charge on any atom is -0.380 e. The first-order valence-corrected chi connectivity index (χ1v) is 7.14. The molecule has 1 saturated carbocycles. The van der Waals surface area contributed by atoms with Crippen LogP contribution in [-0.2, 0) is 11.3 Å². The van der Waals surface area contributed by atoms with Gasteiger partial charge in [-0.05, 0) is 49.6 Å². The molecule has 0 N–H and O–H groups in total. The summed E-state index contributed by atoms with van der Waals surface area (Å²) in [6, 6.07) is 5.00. The monoisotopic (exact) mass is 315 g/mol. The highest BCUT2D eigenvalue weighted by Gasteiger charge is 2.20. The lowest BCUT2D eigenvalue weighted by Crippen LogP contribution is -2.23. The van der Waals surface area contributed by atoms with Crippen molar-refractivity contribution in [2.24, 2.45) is 5.92 Å². The Hall–Kier alpha value is -0.450. The van der Waals surface area contributed by atoms with Gasteiger partial charge in [0.1, 0.15) is 5.82 Å². The fourth-order valence-electron chi connectivity index (χ4n) is 1.85. The quantitative estimate of drug-likeness (QED) is 0.715. The van der Waals surface area contributed by atoms with E-state index in [0.717, 1.165) is 42.3 Å². The molecule has 18 heavy (non-hydrogen) atoms. The van der Waals surface area contributed by atoms with Crippen LogP contribution in [0.15, 0.2) is 22.7 Å². The largest absolute Gasteiger partial charge is 0.380 e. The topological polar surface area (TPSA) is 12.5 Å². The summed E-state index contributed by atoms with van der Waals surface area (Å²) in [5.41, 5.74) is 0.978. The first kappa shape index (κ1) is 14.0. The van der Waals surface area contributed by atoms with Crippen LogP contribution in [0.25, 0.3) is 0 Å². The number of nitrogens with zero attached hydrogens (tertiary/aromatic N) is 1. The van der Waals surface area contributed by atoms with Gasteiger partial charge in [0.25, 0.3) is 0 Å². The minimum atomic E-state index is -0.197. The molecule has 1 fully saturated rings. The van der Waals surface area contributed by atoms with E-state index in [2.05, 4.69) is 20.8 Å². The standard InChI is InChI=1S/C14H19BrFNO/c1-17(4-5-18-10-11-2-3-11)9-12-6-13(15)8-14(16)7-12/h6-8,11H,2-5,9-10H2,1H3. The van der Waals surface area contributed by atoms with Crippen LogP contribution < -0.4 is 0 Å². The summed E-state index contributed by atoms with van der Waals surface area (Å²) < 4.78 is 19.6. The second-order valence-corrected chi connectivity index (χ2v) is 5.95. The van der Waals surface area contributed by atoms with Gasteiger partial charge < -0.3 is 4.74 Å². The third-order valence-corrected chi connectivity index (χ3v) is 3.50. The van der Waals surface area contributed by atoms with E-state index >= 15 is 0 Å². The van der Waals surface area contributed by atoms with Gasteiger partial charge in [0.2, 0.25) is 0 Å². The molecule has 2 rings (SSSR count). The third kappa shape index (κ3) is 5.04. The lowest BCUT2D eigenvalue weighted by Gasteiger charge is -2.17. The average molecular weight is 316 g/mol. The van der Waals surface area contributed by atoms with Crippen molar-refractivity contribution in [2.75, 3.05) is 26.8 Å². The molecule has 2 nitrogen and oxygen atoms in total. The number of likely N-dealkylation sites (N-methyl/N-ethyl adjacent to an activating group) is 1. The summed E-state index contributed by atoms with van der Waals surface area (Å²) in [7, 11) is 2.03. The zero-order chi connectivity index (χ0) is 13.0. The van der Waals surface area contributed by atoms with E-state index in [-0.39, 0.29) is 5.82 Å². The van der Waals surface area contributed by atoms with Crippen LogP contribution >= 0.6 is 15.9 Å². The van der Waals surface area contributed by atoms with E-state index in [1.807, 2.05) is 13.1 Å². The van der Waals surface area contributed by atoms with Gasteiger partial charge in [-0.2, -0.15) is 0 Å². The number of hydrogen-bond donors (Lipinski definition) is 0. The van der Waals surface area contributed by atoms with Gasteiger partial charge in [-0.3, -0.25) is 4.90 Å². The lowest BCUT2D eigenvalue weighted by atomic mass is 10.2. The van der Waals surface area contributed by atoms with Crippen molar-refractivity contribution in [1.82, 2.24) is 4.90 Å². The summed E-state index contributed by atoms with van der Waals surface area (Å²) in [6.45, 7) is 3.27. The summed E-state index contributed by atoms with van der Waals surface area (Å²) in [5.74, 6) is 0.618. The molecule has 0 heterocycles. The molecular formula is C14H19BrFNO. The highest BCUT2D eigenvalue weighted by molar-refractivity contribution is 9.10. The van der Waals surface area contributed by atoms with Crippen molar-refractivity contribution in [3.8, 4) is 0 Å². The SMILES string of the molecule is CN(CCOCC1CC1)Cc1cc(F)cc(Br)c1. The zero-order valence-corrected chi connectivity index (χ0v) is 12.2. The Morgan fingerprint density at radius 3 is 2.83 bits per heavy atom. The zero-order valence-electron chi connectivity index (χ0n) is 10.7. The molecular weight excluding hydrogens is 297 g/mol. The number of ether oxygens (including phenoxy) is 1. The molecule has 0 spiro atoms. The molecule has 0 radical (unpaired) electrons. The highest BCUT2D eigenvalue weighted by atomic mass is 79.9. The molecule has 0 unspecified atom stereocenters. The summed E-state index contributed by atoms with van der Waals surface area (Å²) in [6.07, 6.45) is 2.65. The van der Waals surface area contributed by atoms with Crippen LogP contribution in [0.1, 0.15) is 18.4 Å². The molecule has 4 heteroatoms. The van der Waals surface area contributed by atoms with Crippen LogP contribution in [-0.4, -0.2) is 31.7 Å². The number of halogens is 2. The van der Waals surface area contributed by atoms with Gasteiger partial charge in [-0.15, -0.1) is 0 Å². The predicted molar refractivity (Wildman–Crippen MR) is 74.0 cm³/mol. The maximum absolute atomic E-state index is 13.2. The second-order valence-electron chi connectivity index (χ2n) is 5.03. The average Bonchev–Trinajstić information content (AvgIpc) is 3.06. The Bertz CT molecular complexity index is 375. The van der Waals surface area contributed by atoms with Crippen molar-refractivity contribution < 1.29 is 9.13 Å². The summed E-state index contributed by atoms with van der Waals surface area (Å²) >= 11 is 3.31. The van der Waals surface area contributed by atoms with E-state index in [1.165, 1.54) is 18.9 Å². The number of rotatable bonds is 7. The Morgan fingerprint density at radius 2 is 2.17 bits per heavy atom. The molecule has 0 aliphatic heterocycles. The molecule has 0 amide bonds. The molecule has 0 bridgehead atoms.